The Balaban J connectivity index is 2.33. The minimum absolute atomic E-state index is 0.277. The Hall–Kier alpha value is -1.08. The van der Waals surface area contributed by atoms with Crippen molar-refractivity contribution in [2.75, 3.05) is 13.6 Å². The van der Waals surface area contributed by atoms with Crippen molar-refractivity contribution >= 4 is 6.08 Å². The van der Waals surface area contributed by atoms with Crippen LogP contribution in [-0.4, -0.2) is 13.6 Å². The molecule has 1 heteroatoms. The molecule has 1 aromatic rings. The third kappa shape index (κ3) is 1.72. The molecule has 1 N–H and O–H groups in total. The molecule has 0 radical (unpaired) electrons. The average molecular weight is 201 g/mol. The standard InChI is InChI=1S/C14H19N/c1-3-14(10-11-15-2)9-8-12-6-4-5-7-13(12)14/h4-9,15H,3,10-11H2,1-2H3. The van der Waals surface area contributed by atoms with Gasteiger partial charge in [0, 0.05) is 5.41 Å². The van der Waals surface area contributed by atoms with Gasteiger partial charge in [-0.1, -0.05) is 43.3 Å². The Morgan fingerprint density at radius 1 is 1.27 bits per heavy atom. The van der Waals surface area contributed by atoms with Crippen molar-refractivity contribution in [2.45, 2.75) is 25.2 Å². The van der Waals surface area contributed by atoms with Crippen molar-refractivity contribution in [1.29, 1.82) is 0 Å². The normalized spacial score (nSPS) is 23.1. The van der Waals surface area contributed by atoms with Crippen LogP contribution in [0.25, 0.3) is 6.08 Å². The molecule has 1 nitrogen and oxygen atoms in total. The molecule has 1 unspecified atom stereocenters. The molecule has 0 spiro atoms. The summed E-state index contributed by atoms with van der Waals surface area (Å²) < 4.78 is 0. The topological polar surface area (TPSA) is 12.0 Å². The van der Waals surface area contributed by atoms with E-state index < -0.39 is 0 Å². The van der Waals surface area contributed by atoms with Crippen molar-refractivity contribution < 1.29 is 0 Å². The van der Waals surface area contributed by atoms with Crippen molar-refractivity contribution in [2.24, 2.45) is 0 Å². The molecule has 2 rings (SSSR count). The van der Waals surface area contributed by atoms with Crippen molar-refractivity contribution in [3.05, 3.63) is 41.5 Å². The molecule has 0 bridgehead atoms. The molecule has 1 aliphatic carbocycles. The van der Waals surface area contributed by atoms with E-state index in [1.54, 1.807) is 0 Å². The summed E-state index contributed by atoms with van der Waals surface area (Å²) in [5, 5.41) is 3.25. The summed E-state index contributed by atoms with van der Waals surface area (Å²) in [7, 11) is 2.02. The van der Waals surface area contributed by atoms with Crippen LogP contribution in [0.4, 0.5) is 0 Å². The number of rotatable bonds is 4. The smallest absolute Gasteiger partial charge is 0.0150 e. The lowest BCUT2D eigenvalue weighted by Gasteiger charge is -2.27. The first-order valence-corrected chi connectivity index (χ1v) is 5.76. The number of hydrogen-bond donors (Lipinski definition) is 1. The molecular weight excluding hydrogens is 182 g/mol. The van der Waals surface area contributed by atoms with Crippen LogP contribution in [0.15, 0.2) is 30.3 Å². The maximum absolute atomic E-state index is 3.25. The largest absolute Gasteiger partial charge is 0.320 e. The summed E-state index contributed by atoms with van der Waals surface area (Å²) in [4.78, 5) is 0. The van der Waals surface area contributed by atoms with Crippen molar-refractivity contribution in [3.8, 4) is 0 Å². The maximum atomic E-state index is 3.25. The first-order valence-electron chi connectivity index (χ1n) is 5.76. The third-order valence-corrected chi connectivity index (χ3v) is 3.53. The Bertz CT molecular complexity index is 367. The number of allylic oxidation sites excluding steroid dienone is 1. The quantitative estimate of drug-likeness (QED) is 0.789. The maximum Gasteiger partial charge on any atom is 0.0150 e. The second-order valence-electron chi connectivity index (χ2n) is 4.28. The van der Waals surface area contributed by atoms with Gasteiger partial charge in [-0.15, -0.1) is 0 Å². The predicted octanol–water partition coefficient (Wildman–Crippen LogP) is 2.97. The van der Waals surface area contributed by atoms with Crippen LogP contribution in [0, 0.1) is 0 Å². The monoisotopic (exact) mass is 201 g/mol. The lowest BCUT2D eigenvalue weighted by Crippen LogP contribution is -2.26. The van der Waals surface area contributed by atoms with Crippen LogP contribution < -0.4 is 5.32 Å². The number of nitrogens with one attached hydrogen (secondary N) is 1. The first-order chi connectivity index (χ1) is 7.32. The van der Waals surface area contributed by atoms with Gasteiger partial charge in [0.05, 0.1) is 0 Å². The Morgan fingerprint density at radius 3 is 2.80 bits per heavy atom. The van der Waals surface area contributed by atoms with E-state index in [9.17, 15) is 0 Å². The fraction of sp³-hybridized carbons (Fsp3) is 0.429. The number of fused-ring (bicyclic) bond motifs is 1. The lowest BCUT2D eigenvalue weighted by molar-refractivity contribution is 0.470. The summed E-state index contributed by atoms with van der Waals surface area (Å²) in [6.45, 7) is 3.36. The van der Waals surface area contributed by atoms with Gasteiger partial charge in [-0.3, -0.25) is 0 Å². The molecule has 1 atom stereocenters. The summed E-state index contributed by atoms with van der Waals surface area (Å²) >= 11 is 0. The van der Waals surface area contributed by atoms with Gasteiger partial charge in [-0.2, -0.15) is 0 Å². The molecule has 0 aliphatic heterocycles. The van der Waals surface area contributed by atoms with Crippen molar-refractivity contribution in [1.82, 2.24) is 5.32 Å². The highest BCUT2D eigenvalue weighted by molar-refractivity contribution is 5.65. The van der Waals surface area contributed by atoms with Crippen molar-refractivity contribution in [3.63, 3.8) is 0 Å². The van der Waals surface area contributed by atoms with Crippen LogP contribution in [0.2, 0.25) is 0 Å². The summed E-state index contributed by atoms with van der Waals surface area (Å²) in [5.74, 6) is 0. The lowest BCUT2D eigenvalue weighted by atomic mass is 9.77. The van der Waals surface area contributed by atoms with Crippen LogP contribution in [0.1, 0.15) is 30.9 Å². The second kappa shape index (κ2) is 4.19. The highest BCUT2D eigenvalue weighted by atomic mass is 14.8. The van der Waals surface area contributed by atoms with Crippen LogP contribution in [-0.2, 0) is 5.41 Å². The molecule has 0 heterocycles. The van der Waals surface area contributed by atoms with E-state index >= 15 is 0 Å². The summed E-state index contributed by atoms with van der Waals surface area (Å²) in [6.07, 6.45) is 7.03. The molecule has 0 saturated carbocycles. The minimum atomic E-state index is 0.277. The van der Waals surface area contributed by atoms with Gasteiger partial charge in [0.15, 0.2) is 0 Å². The highest BCUT2D eigenvalue weighted by Crippen LogP contribution is 2.40. The van der Waals surface area contributed by atoms with E-state index in [4.69, 9.17) is 0 Å². The fourth-order valence-electron chi connectivity index (χ4n) is 2.49. The van der Waals surface area contributed by atoms with Gasteiger partial charge in [0.25, 0.3) is 0 Å². The second-order valence-corrected chi connectivity index (χ2v) is 4.28. The van der Waals surface area contributed by atoms with Gasteiger partial charge in [0.1, 0.15) is 0 Å². The molecule has 15 heavy (non-hydrogen) atoms. The first kappa shape index (κ1) is 10.4. The zero-order chi connectivity index (χ0) is 10.7. The molecule has 0 fully saturated rings. The Kier molecular flexibility index (Phi) is 2.92. The molecule has 0 saturated heterocycles. The Labute approximate surface area is 92.2 Å². The van der Waals surface area contributed by atoms with Gasteiger partial charge in [-0.05, 0) is 37.6 Å². The fourth-order valence-corrected chi connectivity index (χ4v) is 2.49. The number of benzene rings is 1. The van der Waals surface area contributed by atoms with E-state index in [2.05, 4.69) is 48.7 Å². The number of hydrogen-bond acceptors (Lipinski definition) is 1. The average Bonchev–Trinajstić information content (AvgIpc) is 2.66. The third-order valence-electron chi connectivity index (χ3n) is 3.53. The zero-order valence-electron chi connectivity index (χ0n) is 9.59. The molecule has 80 valence electrons. The van der Waals surface area contributed by atoms with Crippen LogP contribution >= 0.6 is 0 Å². The summed E-state index contributed by atoms with van der Waals surface area (Å²) in [5.41, 5.74) is 3.18. The summed E-state index contributed by atoms with van der Waals surface area (Å²) in [6, 6.07) is 8.75. The molecular formula is C14H19N. The van der Waals surface area contributed by atoms with E-state index in [-0.39, 0.29) is 5.41 Å². The van der Waals surface area contributed by atoms with E-state index in [1.807, 2.05) is 7.05 Å². The molecule has 0 aromatic heterocycles. The van der Waals surface area contributed by atoms with Gasteiger partial charge in [-0.25, -0.2) is 0 Å². The SMILES string of the molecule is CCC1(CCNC)C=Cc2ccccc21. The minimum Gasteiger partial charge on any atom is -0.320 e. The van der Waals surface area contributed by atoms with Gasteiger partial charge < -0.3 is 5.32 Å². The Morgan fingerprint density at radius 2 is 2.07 bits per heavy atom. The van der Waals surface area contributed by atoms with E-state index in [0.717, 1.165) is 6.54 Å². The molecule has 1 aromatic carbocycles. The van der Waals surface area contributed by atoms with Gasteiger partial charge >= 0.3 is 0 Å². The van der Waals surface area contributed by atoms with Gasteiger partial charge in [0.2, 0.25) is 0 Å². The van der Waals surface area contributed by atoms with Crippen LogP contribution in [0.3, 0.4) is 0 Å². The van der Waals surface area contributed by atoms with Crippen LogP contribution in [0.5, 0.6) is 0 Å². The zero-order valence-corrected chi connectivity index (χ0v) is 9.59. The molecule has 0 amide bonds. The van der Waals surface area contributed by atoms with E-state index in [1.165, 1.54) is 24.0 Å². The predicted molar refractivity (Wildman–Crippen MR) is 66.0 cm³/mol. The van der Waals surface area contributed by atoms with E-state index in [0.29, 0.717) is 0 Å². The molecule has 1 aliphatic rings. The highest BCUT2D eigenvalue weighted by Gasteiger charge is 2.31.